The fourth-order valence-electron chi connectivity index (χ4n) is 2.17. The molecule has 0 bridgehead atoms. The van der Waals surface area contributed by atoms with E-state index in [1.165, 1.54) is 6.20 Å². The second kappa shape index (κ2) is 4.75. The van der Waals surface area contributed by atoms with Crippen molar-refractivity contribution in [3.8, 4) is 0 Å². The number of ether oxygens (including phenoxy) is 1. The second-order valence-electron chi connectivity index (χ2n) is 4.38. The Hall–Kier alpha value is -1.59. The summed E-state index contributed by atoms with van der Waals surface area (Å²) in [4.78, 5) is 19.3. The minimum absolute atomic E-state index is 0.0178. The first-order valence-electron chi connectivity index (χ1n) is 5.79. The molecule has 1 unspecified atom stereocenters. The summed E-state index contributed by atoms with van der Waals surface area (Å²) in [7, 11) is 0. The summed E-state index contributed by atoms with van der Waals surface area (Å²) in [6, 6.07) is 0. The normalized spacial score (nSPS) is 30.1. The van der Waals surface area contributed by atoms with E-state index in [1.54, 1.807) is 0 Å². The minimum atomic E-state index is -1.35. The molecule has 1 aliphatic rings. The van der Waals surface area contributed by atoms with Gasteiger partial charge >= 0.3 is 4.87 Å². The van der Waals surface area contributed by atoms with Crippen LogP contribution in [-0.2, 0) is 4.74 Å². The van der Waals surface area contributed by atoms with Crippen LogP contribution < -0.4 is 10.6 Å². The van der Waals surface area contributed by atoms with E-state index >= 15 is 0 Å². The molecular weight excluding hydrogens is 288 g/mol. The number of rotatable bonds is 2. The van der Waals surface area contributed by atoms with Crippen molar-refractivity contribution in [2.75, 3.05) is 12.3 Å². The van der Waals surface area contributed by atoms with Crippen molar-refractivity contribution >= 4 is 27.6 Å². The molecule has 2 aromatic heterocycles. The Morgan fingerprint density at radius 1 is 1.45 bits per heavy atom. The summed E-state index contributed by atoms with van der Waals surface area (Å²) in [5.41, 5.74) is 5.71. The van der Waals surface area contributed by atoms with Crippen LogP contribution >= 0.6 is 11.3 Å². The summed E-state index contributed by atoms with van der Waals surface area (Å²) in [5.74, 6) is -0.0178. The fourth-order valence-corrected chi connectivity index (χ4v) is 2.98. The van der Waals surface area contributed by atoms with Crippen LogP contribution in [0.2, 0.25) is 0 Å². The molecule has 0 aromatic carbocycles. The first-order chi connectivity index (χ1) is 9.52. The molecule has 2 aromatic rings. The highest BCUT2D eigenvalue weighted by atomic mass is 32.1. The molecule has 4 atom stereocenters. The third-order valence-electron chi connectivity index (χ3n) is 3.15. The maximum absolute atomic E-state index is 12.0. The Morgan fingerprint density at radius 3 is 2.85 bits per heavy atom. The average molecular weight is 300 g/mol. The van der Waals surface area contributed by atoms with E-state index in [4.69, 9.17) is 15.6 Å². The molecule has 1 aliphatic heterocycles. The van der Waals surface area contributed by atoms with Crippen molar-refractivity contribution in [2.24, 2.45) is 0 Å². The topological polar surface area (TPSA) is 144 Å². The van der Waals surface area contributed by atoms with Gasteiger partial charge in [-0.3, -0.25) is 9.36 Å². The fraction of sp³-hybridized carbons (Fsp3) is 0.500. The van der Waals surface area contributed by atoms with Gasteiger partial charge in [0.05, 0.1) is 17.5 Å². The van der Waals surface area contributed by atoms with E-state index < -0.39 is 36.0 Å². The van der Waals surface area contributed by atoms with Gasteiger partial charge in [0.2, 0.25) is 5.95 Å². The lowest BCUT2D eigenvalue weighted by atomic mass is 10.1. The molecule has 3 rings (SSSR count). The van der Waals surface area contributed by atoms with E-state index in [0.717, 1.165) is 15.9 Å². The van der Waals surface area contributed by atoms with Crippen molar-refractivity contribution in [3.05, 3.63) is 15.9 Å². The quantitative estimate of drug-likeness (QED) is 0.501. The SMILES string of the molecule is Nc1ncc2sc(=O)n(C3O[C@H](CO)[C@@H](O)[C@H]3O)c2n1. The number of aromatic nitrogens is 3. The molecule has 5 N–H and O–H groups in total. The highest BCUT2D eigenvalue weighted by Gasteiger charge is 2.44. The molecule has 108 valence electrons. The summed E-state index contributed by atoms with van der Waals surface area (Å²) >= 11 is 0.878. The summed E-state index contributed by atoms with van der Waals surface area (Å²) in [6.45, 7) is -0.470. The number of nitrogens with two attached hydrogens (primary N) is 1. The molecule has 1 fully saturated rings. The first kappa shape index (κ1) is 13.4. The molecule has 3 heterocycles. The van der Waals surface area contributed by atoms with E-state index in [-0.39, 0.29) is 11.6 Å². The van der Waals surface area contributed by atoms with Gasteiger partial charge < -0.3 is 25.8 Å². The van der Waals surface area contributed by atoms with Crippen LogP contribution in [0, 0.1) is 0 Å². The predicted octanol–water partition coefficient (Wildman–Crippen LogP) is -1.95. The van der Waals surface area contributed by atoms with E-state index in [0.29, 0.717) is 4.70 Å². The van der Waals surface area contributed by atoms with E-state index in [1.807, 2.05) is 0 Å². The predicted molar refractivity (Wildman–Crippen MR) is 69.1 cm³/mol. The Bertz CT molecular complexity index is 701. The lowest BCUT2D eigenvalue weighted by Crippen LogP contribution is -2.34. The monoisotopic (exact) mass is 300 g/mol. The Kier molecular flexibility index (Phi) is 3.18. The van der Waals surface area contributed by atoms with E-state index in [9.17, 15) is 15.0 Å². The number of hydrogen-bond donors (Lipinski definition) is 4. The standard InChI is InChI=1S/C10H12N4O5S/c11-9-12-1-4-7(13-9)14(10(18)20-4)8-6(17)5(16)3(2-15)19-8/h1,3,5-6,8,15-17H,2H2,(H2,11,12,13)/t3-,5-,6-,8?/m1/s1. The third kappa shape index (κ3) is 1.89. The van der Waals surface area contributed by atoms with Gasteiger partial charge in [-0.15, -0.1) is 0 Å². The van der Waals surface area contributed by atoms with Gasteiger partial charge in [0.25, 0.3) is 0 Å². The molecule has 0 radical (unpaired) electrons. The smallest absolute Gasteiger partial charge is 0.311 e. The minimum Gasteiger partial charge on any atom is -0.394 e. The van der Waals surface area contributed by atoms with Gasteiger partial charge in [-0.2, -0.15) is 4.98 Å². The van der Waals surface area contributed by atoms with Crippen LogP contribution in [0.3, 0.4) is 0 Å². The number of nitrogen functional groups attached to an aromatic ring is 1. The molecule has 9 nitrogen and oxygen atoms in total. The highest BCUT2D eigenvalue weighted by molar-refractivity contribution is 7.16. The van der Waals surface area contributed by atoms with Crippen LogP contribution in [0.25, 0.3) is 10.3 Å². The zero-order valence-electron chi connectivity index (χ0n) is 10.1. The van der Waals surface area contributed by atoms with Gasteiger partial charge in [0.15, 0.2) is 11.9 Å². The van der Waals surface area contributed by atoms with Gasteiger partial charge in [-0.05, 0) is 0 Å². The van der Waals surface area contributed by atoms with Crippen molar-refractivity contribution in [1.82, 2.24) is 14.5 Å². The number of nitrogens with zero attached hydrogens (tertiary/aromatic N) is 3. The first-order valence-corrected chi connectivity index (χ1v) is 6.60. The van der Waals surface area contributed by atoms with Crippen LogP contribution in [0.15, 0.2) is 11.0 Å². The molecule has 20 heavy (non-hydrogen) atoms. The highest BCUT2D eigenvalue weighted by Crippen LogP contribution is 2.31. The number of fused-ring (bicyclic) bond motifs is 1. The molecular formula is C10H12N4O5S. The zero-order chi connectivity index (χ0) is 14.4. The largest absolute Gasteiger partial charge is 0.394 e. The van der Waals surface area contributed by atoms with Crippen LogP contribution in [0.1, 0.15) is 6.23 Å². The summed E-state index contributed by atoms with van der Waals surface area (Å²) in [5, 5.41) is 28.8. The maximum atomic E-state index is 12.0. The molecule has 0 saturated carbocycles. The lowest BCUT2D eigenvalue weighted by molar-refractivity contribution is -0.0518. The van der Waals surface area contributed by atoms with E-state index in [2.05, 4.69) is 9.97 Å². The van der Waals surface area contributed by atoms with Crippen LogP contribution in [-0.4, -0.2) is 54.8 Å². The summed E-state index contributed by atoms with van der Waals surface area (Å²) < 4.78 is 6.93. The van der Waals surface area contributed by atoms with Crippen LogP contribution in [0.4, 0.5) is 5.95 Å². The zero-order valence-corrected chi connectivity index (χ0v) is 10.9. The molecule has 0 spiro atoms. The van der Waals surface area contributed by atoms with Gasteiger partial charge in [0.1, 0.15) is 18.3 Å². The second-order valence-corrected chi connectivity index (χ2v) is 5.38. The van der Waals surface area contributed by atoms with Crippen molar-refractivity contribution in [1.29, 1.82) is 0 Å². The van der Waals surface area contributed by atoms with Gasteiger partial charge in [-0.25, -0.2) is 4.98 Å². The Morgan fingerprint density at radius 2 is 2.20 bits per heavy atom. The number of aliphatic hydroxyl groups excluding tert-OH is 3. The molecule has 0 aliphatic carbocycles. The van der Waals surface area contributed by atoms with Crippen LogP contribution in [0.5, 0.6) is 0 Å². The maximum Gasteiger partial charge on any atom is 0.311 e. The van der Waals surface area contributed by atoms with Gasteiger partial charge in [0, 0.05) is 0 Å². The van der Waals surface area contributed by atoms with Crippen molar-refractivity contribution in [2.45, 2.75) is 24.5 Å². The Balaban J connectivity index is 2.13. The van der Waals surface area contributed by atoms with Gasteiger partial charge in [-0.1, -0.05) is 11.3 Å². The number of hydrogen-bond acceptors (Lipinski definition) is 9. The third-order valence-corrected chi connectivity index (χ3v) is 4.03. The lowest BCUT2D eigenvalue weighted by Gasteiger charge is -2.15. The number of anilines is 1. The summed E-state index contributed by atoms with van der Waals surface area (Å²) in [6.07, 6.45) is -3.32. The number of aliphatic hydroxyl groups is 3. The molecule has 1 saturated heterocycles. The van der Waals surface area contributed by atoms with Crippen molar-refractivity contribution in [3.63, 3.8) is 0 Å². The van der Waals surface area contributed by atoms with Crippen molar-refractivity contribution < 1.29 is 20.1 Å². The number of thiazole rings is 1. The average Bonchev–Trinajstić information content (AvgIpc) is 2.88. The molecule has 10 heteroatoms. The Labute approximate surface area is 115 Å². The molecule has 0 amide bonds.